The number of hydrogen-bond donors (Lipinski definition) is 1. The van der Waals surface area contributed by atoms with Crippen molar-refractivity contribution in [3.8, 4) is 0 Å². The predicted octanol–water partition coefficient (Wildman–Crippen LogP) is 3.62. The number of hydrogen-bond acceptors (Lipinski definition) is 6. The fraction of sp³-hybridized carbons (Fsp3) is 0.333. The van der Waals surface area contributed by atoms with Crippen molar-refractivity contribution in [3.63, 3.8) is 0 Å². The molecule has 9 heteroatoms. The summed E-state index contributed by atoms with van der Waals surface area (Å²) in [6.45, 7) is 7.31. The van der Waals surface area contributed by atoms with Crippen LogP contribution in [0.5, 0.6) is 0 Å². The number of carbonyl (C=O) groups is 1. The van der Waals surface area contributed by atoms with Crippen LogP contribution in [0, 0.1) is 5.92 Å². The molecule has 0 aliphatic carbocycles. The maximum atomic E-state index is 13.4. The molecule has 3 aromatic rings. The molecule has 0 unspecified atom stereocenters. The van der Waals surface area contributed by atoms with E-state index in [2.05, 4.69) is 5.10 Å². The Labute approximate surface area is 192 Å². The van der Waals surface area contributed by atoms with Crippen LogP contribution >= 0.6 is 0 Å². The molecule has 0 fully saturated rings. The van der Waals surface area contributed by atoms with Gasteiger partial charge in [0.2, 0.25) is 5.91 Å². The summed E-state index contributed by atoms with van der Waals surface area (Å²) in [7, 11) is -3.89. The normalized spacial score (nSPS) is 16.0. The smallest absolute Gasteiger partial charge is 0.282 e. The summed E-state index contributed by atoms with van der Waals surface area (Å²) < 4.78 is 32.4. The van der Waals surface area contributed by atoms with E-state index in [1.807, 2.05) is 32.1 Å². The molecule has 0 radical (unpaired) electrons. The third kappa shape index (κ3) is 4.14. The number of benzene rings is 1. The zero-order valence-corrected chi connectivity index (χ0v) is 19.8. The topological polar surface area (TPSA) is 106 Å². The van der Waals surface area contributed by atoms with E-state index in [0.29, 0.717) is 22.2 Å². The average Bonchev–Trinajstić information content (AvgIpc) is 3.46. The van der Waals surface area contributed by atoms with E-state index in [1.165, 1.54) is 18.5 Å². The zero-order valence-electron chi connectivity index (χ0n) is 19.0. The second kappa shape index (κ2) is 8.31. The van der Waals surface area contributed by atoms with E-state index in [9.17, 15) is 18.3 Å². The number of allylic oxidation sites excluding steroid dienone is 3. The summed E-state index contributed by atoms with van der Waals surface area (Å²) in [5.41, 5.74) is 1.25. The van der Waals surface area contributed by atoms with Crippen molar-refractivity contribution in [2.45, 2.75) is 51.3 Å². The molecule has 2 aromatic heterocycles. The standard InChI is InChI=1S/C24H27N3O5S/c1-5-7-16(6-2)22(24(3,4)29)23(28)26-13-18-14-27(25-20(18)15-26)33(30,31)19-8-9-21-17(12-19)10-11-32-21/h5-12,14,22,29H,13,15H2,1-4H3/b7-5-,16-6+/t22-/m0/s1. The predicted molar refractivity (Wildman–Crippen MR) is 124 cm³/mol. The first-order valence-electron chi connectivity index (χ1n) is 10.7. The molecule has 3 heterocycles. The first-order chi connectivity index (χ1) is 15.6. The van der Waals surface area contributed by atoms with E-state index >= 15 is 0 Å². The first kappa shape index (κ1) is 23.0. The van der Waals surface area contributed by atoms with E-state index in [-0.39, 0.29) is 23.9 Å². The van der Waals surface area contributed by atoms with E-state index in [4.69, 9.17) is 4.42 Å². The number of amides is 1. The molecule has 0 bridgehead atoms. The Morgan fingerprint density at radius 2 is 2.00 bits per heavy atom. The van der Waals surface area contributed by atoms with Crippen LogP contribution in [-0.4, -0.2) is 39.1 Å². The second-order valence-electron chi connectivity index (χ2n) is 8.67. The molecule has 1 atom stereocenters. The number of rotatable bonds is 6. The van der Waals surface area contributed by atoms with Gasteiger partial charge in [0.15, 0.2) is 0 Å². The monoisotopic (exact) mass is 469 g/mol. The van der Waals surface area contributed by atoms with Crippen LogP contribution < -0.4 is 0 Å². The Morgan fingerprint density at radius 3 is 2.64 bits per heavy atom. The van der Waals surface area contributed by atoms with Crippen LogP contribution in [0.3, 0.4) is 0 Å². The highest BCUT2D eigenvalue weighted by atomic mass is 32.2. The van der Waals surface area contributed by atoms with Gasteiger partial charge in [0, 0.05) is 23.7 Å². The van der Waals surface area contributed by atoms with Crippen molar-refractivity contribution in [2.75, 3.05) is 0 Å². The lowest BCUT2D eigenvalue weighted by Gasteiger charge is -2.32. The minimum atomic E-state index is -3.89. The van der Waals surface area contributed by atoms with Gasteiger partial charge < -0.3 is 14.4 Å². The van der Waals surface area contributed by atoms with Gasteiger partial charge in [0.1, 0.15) is 5.58 Å². The quantitative estimate of drug-likeness (QED) is 0.553. The second-order valence-corrected chi connectivity index (χ2v) is 10.5. The van der Waals surface area contributed by atoms with Crippen LogP contribution in [0.1, 0.15) is 39.0 Å². The molecule has 1 aliphatic rings. The van der Waals surface area contributed by atoms with Gasteiger partial charge in [-0.3, -0.25) is 4.79 Å². The first-order valence-corrected chi connectivity index (χ1v) is 12.1. The number of carbonyl (C=O) groups excluding carboxylic acids is 1. The maximum Gasteiger partial charge on any atom is 0.282 e. The van der Waals surface area contributed by atoms with Gasteiger partial charge in [0.05, 0.1) is 34.9 Å². The van der Waals surface area contributed by atoms with Crippen LogP contribution in [0.2, 0.25) is 0 Å². The third-order valence-electron chi connectivity index (χ3n) is 5.82. The zero-order chi connectivity index (χ0) is 24.0. The van der Waals surface area contributed by atoms with Crippen LogP contribution in [0.25, 0.3) is 11.0 Å². The fourth-order valence-corrected chi connectivity index (χ4v) is 5.41. The molecule has 174 valence electrons. The molecule has 1 amide bonds. The summed E-state index contributed by atoms with van der Waals surface area (Å²) in [5.74, 6) is -0.980. The Morgan fingerprint density at radius 1 is 1.24 bits per heavy atom. The van der Waals surface area contributed by atoms with Crippen molar-refractivity contribution in [1.29, 1.82) is 0 Å². The molecule has 0 spiro atoms. The Hall–Kier alpha value is -3.17. The van der Waals surface area contributed by atoms with E-state index in [0.717, 1.165) is 9.66 Å². The summed E-state index contributed by atoms with van der Waals surface area (Å²) in [6, 6.07) is 6.34. The number of aromatic nitrogens is 2. The van der Waals surface area contributed by atoms with Crippen molar-refractivity contribution < 1.29 is 22.7 Å². The van der Waals surface area contributed by atoms with Crippen molar-refractivity contribution in [3.05, 3.63) is 71.8 Å². The molecule has 4 rings (SSSR count). The highest BCUT2D eigenvalue weighted by Crippen LogP contribution is 2.32. The Kier molecular flexibility index (Phi) is 5.79. The molecule has 1 aromatic carbocycles. The molecule has 0 saturated carbocycles. The molecular formula is C24H27N3O5S. The summed E-state index contributed by atoms with van der Waals surface area (Å²) in [6.07, 6.45) is 8.43. The summed E-state index contributed by atoms with van der Waals surface area (Å²) in [4.78, 5) is 15.1. The van der Waals surface area contributed by atoms with Gasteiger partial charge in [-0.1, -0.05) is 18.2 Å². The number of aliphatic hydroxyl groups is 1. The Balaban J connectivity index is 1.59. The van der Waals surface area contributed by atoms with Gasteiger partial charge in [-0.15, -0.1) is 0 Å². The molecule has 8 nitrogen and oxygen atoms in total. The lowest BCUT2D eigenvalue weighted by molar-refractivity contribution is -0.141. The van der Waals surface area contributed by atoms with Crippen molar-refractivity contribution in [2.24, 2.45) is 5.92 Å². The van der Waals surface area contributed by atoms with E-state index in [1.54, 1.807) is 36.9 Å². The number of fused-ring (bicyclic) bond motifs is 2. The molecule has 33 heavy (non-hydrogen) atoms. The highest BCUT2D eigenvalue weighted by molar-refractivity contribution is 7.89. The fourth-order valence-electron chi connectivity index (χ4n) is 4.21. The third-order valence-corrected chi connectivity index (χ3v) is 7.35. The van der Waals surface area contributed by atoms with Crippen LogP contribution in [0.15, 0.2) is 69.8 Å². The van der Waals surface area contributed by atoms with E-state index < -0.39 is 21.5 Å². The minimum Gasteiger partial charge on any atom is -0.464 e. The summed E-state index contributed by atoms with van der Waals surface area (Å²) in [5, 5.41) is 15.7. The number of nitrogens with zero attached hydrogens (tertiary/aromatic N) is 3. The SMILES string of the molecule is C/C=C\C(=C/C)[C@@H](C(=O)N1Cc2cn(S(=O)(=O)c3ccc4occc4c3)nc2C1)C(C)(C)O. The summed E-state index contributed by atoms with van der Waals surface area (Å²) >= 11 is 0. The largest absolute Gasteiger partial charge is 0.464 e. The van der Waals surface area contributed by atoms with Crippen LogP contribution in [0.4, 0.5) is 0 Å². The molecular weight excluding hydrogens is 442 g/mol. The van der Waals surface area contributed by atoms with Crippen molar-refractivity contribution >= 4 is 26.9 Å². The lowest BCUT2D eigenvalue weighted by atomic mass is 9.82. The molecule has 1 aliphatic heterocycles. The average molecular weight is 470 g/mol. The van der Waals surface area contributed by atoms with Crippen molar-refractivity contribution in [1.82, 2.24) is 14.1 Å². The minimum absolute atomic E-state index is 0.108. The Bertz CT molecular complexity index is 1350. The molecule has 1 N–H and O–H groups in total. The van der Waals surface area contributed by atoms with Gasteiger partial charge in [-0.2, -0.15) is 17.6 Å². The highest BCUT2D eigenvalue weighted by Gasteiger charge is 2.40. The van der Waals surface area contributed by atoms with Gasteiger partial charge in [0.25, 0.3) is 10.0 Å². The van der Waals surface area contributed by atoms with Gasteiger partial charge >= 0.3 is 0 Å². The lowest BCUT2D eigenvalue weighted by Crippen LogP contribution is -2.44. The number of furan rings is 1. The van der Waals surface area contributed by atoms with Crippen LogP contribution in [-0.2, 0) is 27.9 Å². The maximum absolute atomic E-state index is 13.4. The van der Waals surface area contributed by atoms with Gasteiger partial charge in [-0.05, 0) is 57.5 Å². The van der Waals surface area contributed by atoms with Gasteiger partial charge in [-0.25, -0.2) is 0 Å². The molecule has 0 saturated heterocycles.